The fourth-order valence-electron chi connectivity index (χ4n) is 2.50. The van der Waals surface area contributed by atoms with Crippen molar-refractivity contribution in [2.24, 2.45) is 0 Å². The van der Waals surface area contributed by atoms with Crippen molar-refractivity contribution >= 4 is 54.2 Å². The second-order valence-electron chi connectivity index (χ2n) is 5.54. The summed E-state index contributed by atoms with van der Waals surface area (Å²) in [4.78, 5) is 12.1. The Morgan fingerprint density at radius 1 is 1.00 bits per heavy atom. The minimum Gasteiger partial charge on any atom is -0.494 e. The van der Waals surface area contributed by atoms with Gasteiger partial charge in [0.2, 0.25) is 0 Å². The molecule has 0 saturated carbocycles. The van der Waals surface area contributed by atoms with Gasteiger partial charge in [-0.25, -0.2) is 0 Å². The van der Waals surface area contributed by atoms with Crippen LogP contribution in [0.2, 0.25) is 0 Å². The third-order valence-electron chi connectivity index (χ3n) is 3.69. The van der Waals surface area contributed by atoms with E-state index in [-0.39, 0.29) is 12.5 Å². The molecule has 1 N–H and O–H groups in total. The highest BCUT2D eigenvalue weighted by molar-refractivity contribution is 9.11. The molecule has 134 valence electrons. The number of hydrogen-bond acceptors (Lipinski definition) is 3. The zero-order valence-corrected chi connectivity index (χ0v) is 17.3. The molecular weight excluding hydrogens is 462 g/mol. The van der Waals surface area contributed by atoms with E-state index in [2.05, 4.69) is 37.2 Å². The van der Waals surface area contributed by atoms with Crippen LogP contribution in [0.25, 0.3) is 10.8 Å². The Morgan fingerprint density at radius 3 is 2.50 bits per heavy atom. The van der Waals surface area contributed by atoms with E-state index in [4.69, 9.17) is 9.47 Å². The molecule has 0 aliphatic carbocycles. The highest BCUT2D eigenvalue weighted by Crippen LogP contribution is 2.34. The van der Waals surface area contributed by atoms with E-state index in [1.807, 2.05) is 49.4 Å². The fourth-order valence-corrected chi connectivity index (χ4v) is 3.48. The quantitative estimate of drug-likeness (QED) is 0.488. The number of fused-ring (bicyclic) bond motifs is 1. The molecule has 0 saturated heterocycles. The number of carbonyl (C=O) groups excluding carboxylic acids is 1. The first kappa shape index (κ1) is 18.7. The monoisotopic (exact) mass is 477 g/mol. The van der Waals surface area contributed by atoms with Gasteiger partial charge in [0, 0.05) is 10.2 Å². The van der Waals surface area contributed by atoms with Gasteiger partial charge in [0.05, 0.1) is 11.1 Å². The molecule has 0 aliphatic rings. The second kappa shape index (κ2) is 8.56. The third kappa shape index (κ3) is 4.56. The van der Waals surface area contributed by atoms with E-state index in [0.29, 0.717) is 18.0 Å². The highest BCUT2D eigenvalue weighted by atomic mass is 79.9. The lowest BCUT2D eigenvalue weighted by Gasteiger charge is -2.11. The number of hydrogen-bond donors (Lipinski definition) is 1. The summed E-state index contributed by atoms with van der Waals surface area (Å²) >= 11 is 7.02. The third-order valence-corrected chi connectivity index (χ3v) is 5.00. The van der Waals surface area contributed by atoms with Crippen molar-refractivity contribution in [2.75, 3.05) is 18.5 Å². The summed E-state index contributed by atoms with van der Waals surface area (Å²) < 4.78 is 12.9. The Labute approximate surface area is 168 Å². The zero-order chi connectivity index (χ0) is 18.5. The maximum absolute atomic E-state index is 12.1. The minimum absolute atomic E-state index is 0.0755. The lowest BCUT2D eigenvalue weighted by Crippen LogP contribution is -2.20. The van der Waals surface area contributed by atoms with Gasteiger partial charge in [0.25, 0.3) is 5.91 Å². The van der Waals surface area contributed by atoms with Crippen LogP contribution in [0.15, 0.2) is 63.5 Å². The topological polar surface area (TPSA) is 47.6 Å². The number of benzene rings is 3. The molecule has 1 amide bonds. The Balaban J connectivity index is 1.63. The van der Waals surface area contributed by atoms with Gasteiger partial charge in [0.1, 0.15) is 11.5 Å². The molecule has 0 spiro atoms. The first-order chi connectivity index (χ1) is 12.6. The Hall–Kier alpha value is -2.05. The fraction of sp³-hybridized carbons (Fsp3) is 0.150. The van der Waals surface area contributed by atoms with Gasteiger partial charge in [-0.3, -0.25) is 4.79 Å². The van der Waals surface area contributed by atoms with Gasteiger partial charge < -0.3 is 14.8 Å². The van der Waals surface area contributed by atoms with Gasteiger partial charge in [-0.2, -0.15) is 0 Å². The number of rotatable bonds is 6. The summed E-state index contributed by atoms with van der Waals surface area (Å²) in [6.45, 7) is 2.46. The number of ether oxygens (including phenoxy) is 2. The van der Waals surface area contributed by atoms with Crippen LogP contribution < -0.4 is 14.8 Å². The largest absolute Gasteiger partial charge is 0.494 e. The van der Waals surface area contributed by atoms with E-state index < -0.39 is 0 Å². The van der Waals surface area contributed by atoms with Crippen molar-refractivity contribution in [1.29, 1.82) is 0 Å². The molecule has 0 atom stereocenters. The van der Waals surface area contributed by atoms with Gasteiger partial charge in [0.15, 0.2) is 6.61 Å². The molecule has 3 aromatic rings. The molecule has 0 fully saturated rings. The summed E-state index contributed by atoms with van der Waals surface area (Å²) in [5.41, 5.74) is 0.699. The number of carbonyl (C=O) groups is 1. The Bertz CT molecular complexity index is 926. The standard InChI is InChI=1S/C20H17Br2NO3/c1-2-25-16-7-5-15(6-8-16)23-19(24)12-26-18-10-3-13-11-14(21)4-9-17(13)20(18)22/h3-11H,2,12H2,1H3,(H,23,24). The first-order valence-corrected chi connectivity index (χ1v) is 9.68. The summed E-state index contributed by atoms with van der Waals surface area (Å²) in [6, 6.07) is 17.0. The van der Waals surface area contributed by atoms with Crippen LogP contribution in [0.4, 0.5) is 5.69 Å². The lowest BCUT2D eigenvalue weighted by atomic mass is 10.1. The van der Waals surface area contributed by atoms with Gasteiger partial charge in [-0.15, -0.1) is 0 Å². The second-order valence-corrected chi connectivity index (χ2v) is 7.25. The van der Waals surface area contributed by atoms with Crippen molar-refractivity contribution in [3.05, 3.63) is 63.5 Å². The lowest BCUT2D eigenvalue weighted by molar-refractivity contribution is -0.118. The smallest absolute Gasteiger partial charge is 0.262 e. The zero-order valence-electron chi connectivity index (χ0n) is 14.1. The molecule has 4 nitrogen and oxygen atoms in total. The molecule has 3 rings (SSSR count). The maximum Gasteiger partial charge on any atom is 0.262 e. The van der Waals surface area contributed by atoms with Crippen molar-refractivity contribution in [1.82, 2.24) is 0 Å². The van der Waals surface area contributed by atoms with Crippen molar-refractivity contribution in [3.63, 3.8) is 0 Å². The molecule has 0 heterocycles. The minimum atomic E-state index is -0.225. The Kier molecular flexibility index (Phi) is 6.16. The van der Waals surface area contributed by atoms with Crippen molar-refractivity contribution in [3.8, 4) is 11.5 Å². The summed E-state index contributed by atoms with van der Waals surface area (Å²) in [6.07, 6.45) is 0. The molecule has 0 aromatic heterocycles. The molecule has 0 radical (unpaired) electrons. The molecule has 6 heteroatoms. The molecule has 0 bridgehead atoms. The van der Waals surface area contributed by atoms with Crippen LogP contribution >= 0.6 is 31.9 Å². The van der Waals surface area contributed by atoms with Crippen LogP contribution in [0, 0.1) is 0 Å². The van der Waals surface area contributed by atoms with Gasteiger partial charge in [-0.05, 0) is 76.1 Å². The number of halogens is 2. The van der Waals surface area contributed by atoms with Crippen LogP contribution in [0.1, 0.15) is 6.92 Å². The van der Waals surface area contributed by atoms with Crippen LogP contribution in [-0.4, -0.2) is 19.1 Å². The average molecular weight is 479 g/mol. The normalized spacial score (nSPS) is 10.6. The van der Waals surface area contributed by atoms with E-state index in [1.54, 1.807) is 12.1 Å². The van der Waals surface area contributed by atoms with Crippen LogP contribution in [0.5, 0.6) is 11.5 Å². The van der Waals surface area contributed by atoms with E-state index in [1.165, 1.54) is 0 Å². The van der Waals surface area contributed by atoms with E-state index in [0.717, 1.165) is 25.5 Å². The van der Waals surface area contributed by atoms with Crippen LogP contribution in [-0.2, 0) is 4.79 Å². The van der Waals surface area contributed by atoms with Gasteiger partial charge in [-0.1, -0.05) is 28.1 Å². The predicted molar refractivity (Wildman–Crippen MR) is 111 cm³/mol. The first-order valence-electron chi connectivity index (χ1n) is 8.10. The number of anilines is 1. The van der Waals surface area contributed by atoms with Crippen LogP contribution in [0.3, 0.4) is 0 Å². The molecule has 0 unspecified atom stereocenters. The SMILES string of the molecule is CCOc1ccc(NC(=O)COc2ccc3cc(Br)ccc3c2Br)cc1. The Morgan fingerprint density at radius 2 is 1.77 bits per heavy atom. The van der Waals surface area contributed by atoms with Gasteiger partial charge >= 0.3 is 0 Å². The average Bonchev–Trinajstić information content (AvgIpc) is 2.63. The molecule has 3 aromatic carbocycles. The predicted octanol–water partition coefficient (Wildman–Crippen LogP) is 5.78. The van der Waals surface area contributed by atoms with Crippen molar-refractivity contribution in [2.45, 2.75) is 6.92 Å². The summed E-state index contributed by atoms with van der Waals surface area (Å²) in [5, 5.41) is 4.91. The number of nitrogens with one attached hydrogen (secondary N) is 1. The highest BCUT2D eigenvalue weighted by Gasteiger charge is 2.09. The molecular formula is C20H17Br2NO3. The van der Waals surface area contributed by atoms with Crippen molar-refractivity contribution < 1.29 is 14.3 Å². The number of amides is 1. The summed E-state index contributed by atoms with van der Waals surface area (Å²) in [7, 11) is 0. The van der Waals surface area contributed by atoms with E-state index in [9.17, 15) is 4.79 Å². The molecule has 26 heavy (non-hydrogen) atoms. The van der Waals surface area contributed by atoms with E-state index >= 15 is 0 Å². The maximum atomic E-state index is 12.1. The molecule has 0 aliphatic heterocycles. The summed E-state index contributed by atoms with van der Waals surface area (Å²) in [5.74, 6) is 1.17.